The van der Waals surface area contributed by atoms with Gasteiger partial charge in [-0.25, -0.2) is 0 Å². The summed E-state index contributed by atoms with van der Waals surface area (Å²) in [7, 11) is 0. The molecule has 0 saturated carbocycles. The first-order valence-electron chi connectivity index (χ1n) is 2.10. The molecule has 0 rings (SSSR count). The van der Waals surface area contributed by atoms with E-state index in [2.05, 4.69) is 0 Å². The molecule has 3 heteroatoms. The fourth-order valence-corrected chi connectivity index (χ4v) is 0.387. The van der Waals surface area contributed by atoms with Gasteiger partial charge in [0.05, 0.1) is 0 Å². The van der Waals surface area contributed by atoms with E-state index in [9.17, 15) is 0 Å². The van der Waals surface area contributed by atoms with Crippen LogP contribution in [0.25, 0.3) is 0 Å². The molecule has 0 amide bonds. The minimum atomic E-state index is -0.448. The predicted octanol–water partition coefficient (Wildman–Crippen LogP) is -1.07. The number of aliphatic hydroxyl groups excluding tert-OH is 2. The molecule has 0 aliphatic heterocycles. The molecular formula is C3H7NaO2. The standard InChI is InChI=1S/C3H7O2.Na/c1-3(5)2-4;/h3-5H,1-2H2;. The summed E-state index contributed by atoms with van der Waals surface area (Å²) in [6, 6.07) is 0. The van der Waals surface area contributed by atoms with E-state index in [0.717, 1.165) is 31.6 Å². The summed E-state index contributed by atoms with van der Waals surface area (Å²) in [6.07, 6.45) is -0.448. The Labute approximate surface area is 54.6 Å². The molecule has 32 valence electrons. The number of aliphatic hydroxyl groups is 2. The summed E-state index contributed by atoms with van der Waals surface area (Å²) in [5.41, 5.74) is 0. The van der Waals surface area contributed by atoms with E-state index in [1.807, 2.05) is 0 Å². The Balaban J connectivity index is 2.75. The Bertz CT molecular complexity index is 28.0. The fraction of sp³-hybridized carbons (Fsp3) is 1.00. The van der Waals surface area contributed by atoms with Crippen LogP contribution < -0.4 is 0 Å². The van der Waals surface area contributed by atoms with Gasteiger partial charge >= 0.3 is 54.5 Å². The van der Waals surface area contributed by atoms with E-state index < -0.39 is 6.10 Å². The van der Waals surface area contributed by atoms with Gasteiger partial charge in [0, 0.05) is 0 Å². The van der Waals surface area contributed by atoms with Crippen LogP contribution in [0.5, 0.6) is 0 Å². The Morgan fingerprint density at radius 3 is 2.17 bits per heavy atom. The molecule has 6 heavy (non-hydrogen) atoms. The molecule has 0 aliphatic carbocycles. The average molecular weight is 98.1 g/mol. The first kappa shape index (κ1) is 6.92. The molecule has 0 heterocycles. The van der Waals surface area contributed by atoms with Gasteiger partial charge in [-0.15, -0.1) is 0 Å². The second-order valence-corrected chi connectivity index (χ2v) is 2.06. The van der Waals surface area contributed by atoms with Gasteiger partial charge in [-0.05, 0) is 0 Å². The summed E-state index contributed by atoms with van der Waals surface area (Å²) >= 11 is 0.972. The Morgan fingerprint density at radius 2 is 2.17 bits per heavy atom. The molecular weight excluding hydrogens is 91.0 g/mol. The van der Waals surface area contributed by atoms with Crippen molar-refractivity contribution in [1.29, 1.82) is 0 Å². The first-order valence-corrected chi connectivity index (χ1v) is 3.51. The average Bonchev–Trinajstić information content (AvgIpc) is 1.65. The predicted molar refractivity (Wildman–Crippen MR) is 23.7 cm³/mol. The van der Waals surface area contributed by atoms with Crippen molar-refractivity contribution >= 4 is 27.9 Å². The van der Waals surface area contributed by atoms with E-state index >= 15 is 0 Å². The van der Waals surface area contributed by atoms with Crippen molar-refractivity contribution in [1.82, 2.24) is 0 Å². The van der Waals surface area contributed by atoms with Crippen LogP contribution in [0, 0.1) is 0 Å². The van der Waals surface area contributed by atoms with Crippen molar-refractivity contribution in [3.63, 3.8) is 0 Å². The fourth-order valence-electron chi connectivity index (χ4n) is 0.129. The van der Waals surface area contributed by atoms with Crippen molar-refractivity contribution in [2.75, 3.05) is 6.61 Å². The number of rotatable bonds is 2. The molecule has 0 aliphatic rings. The van der Waals surface area contributed by atoms with Crippen molar-refractivity contribution < 1.29 is 10.2 Å². The van der Waals surface area contributed by atoms with Crippen LogP contribution in [0.15, 0.2) is 0 Å². The van der Waals surface area contributed by atoms with Gasteiger partial charge in [0.2, 0.25) is 0 Å². The minimum absolute atomic E-state index is 0.0799. The summed E-state index contributed by atoms with van der Waals surface area (Å²) in [5.74, 6) is 0. The van der Waals surface area contributed by atoms with Crippen molar-refractivity contribution in [2.24, 2.45) is 0 Å². The molecule has 0 fully saturated rings. The van der Waals surface area contributed by atoms with E-state index in [1.165, 1.54) is 0 Å². The third kappa shape index (κ3) is 3.12. The Hall–Kier alpha value is 0.920. The Kier molecular flexibility index (Phi) is 4.72. The summed E-state index contributed by atoms with van der Waals surface area (Å²) in [4.78, 5) is 0. The maximum atomic E-state index is 8.45. The molecule has 2 N–H and O–H groups in total. The van der Waals surface area contributed by atoms with Gasteiger partial charge in [0.25, 0.3) is 0 Å². The monoisotopic (exact) mass is 98.0 g/mol. The number of hydrogen-bond acceptors (Lipinski definition) is 2. The quantitative estimate of drug-likeness (QED) is 0.431. The Morgan fingerprint density at radius 1 is 1.67 bits per heavy atom. The van der Waals surface area contributed by atoms with Gasteiger partial charge in [0.1, 0.15) is 0 Å². The first-order chi connectivity index (χ1) is 2.81. The topological polar surface area (TPSA) is 40.5 Å². The molecule has 0 aromatic carbocycles. The zero-order chi connectivity index (χ0) is 4.99. The van der Waals surface area contributed by atoms with Crippen LogP contribution in [0.2, 0.25) is 3.67 Å². The molecule has 1 atom stereocenters. The van der Waals surface area contributed by atoms with E-state index in [4.69, 9.17) is 10.2 Å². The van der Waals surface area contributed by atoms with E-state index in [-0.39, 0.29) is 6.61 Å². The summed E-state index contributed by atoms with van der Waals surface area (Å²) in [6.45, 7) is -0.0799. The summed E-state index contributed by atoms with van der Waals surface area (Å²) < 4.78 is 0.774. The molecule has 0 saturated heterocycles. The van der Waals surface area contributed by atoms with Crippen LogP contribution in [0.4, 0.5) is 0 Å². The van der Waals surface area contributed by atoms with Crippen LogP contribution in [0.3, 0.4) is 0 Å². The van der Waals surface area contributed by atoms with Crippen molar-refractivity contribution in [3.8, 4) is 0 Å². The zero-order valence-electron chi connectivity index (χ0n) is 3.89. The van der Waals surface area contributed by atoms with Gasteiger partial charge in [-0.2, -0.15) is 0 Å². The molecule has 2 nitrogen and oxygen atoms in total. The van der Waals surface area contributed by atoms with Gasteiger partial charge in [0.15, 0.2) is 0 Å². The summed E-state index contributed by atoms with van der Waals surface area (Å²) in [5, 5.41) is 16.6. The third-order valence-electron chi connectivity index (χ3n) is 0.682. The van der Waals surface area contributed by atoms with Gasteiger partial charge in [-0.1, -0.05) is 0 Å². The van der Waals surface area contributed by atoms with Crippen LogP contribution in [-0.2, 0) is 0 Å². The van der Waals surface area contributed by atoms with Gasteiger partial charge in [-0.3, -0.25) is 0 Å². The van der Waals surface area contributed by atoms with Crippen molar-refractivity contribution in [2.45, 2.75) is 9.77 Å². The normalized spacial score (nSPS) is 14.7. The molecule has 0 radical (unpaired) electrons. The second kappa shape index (κ2) is 4.09. The maximum absolute atomic E-state index is 8.45. The van der Waals surface area contributed by atoms with Crippen LogP contribution in [-0.4, -0.2) is 50.9 Å². The van der Waals surface area contributed by atoms with Crippen LogP contribution >= 0.6 is 0 Å². The third-order valence-corrected chi connectivity index (χ3v) is 1.62. The molecule has 0 spiro atoms. The van der Waals surface area contributed by atoms with Crippen molar-refractivity contribution in [3.05, 3.63) is 0 Å². The SMILES string of the molecule is OCC(O)[CH2][Na]. The second-order valence-electron chi connectivity index (χ2n) is 1.24. The van der Waals surface area contributed by atoms with E-state index in [1.54, 1.807) is 0 Å². The molecule has 0 bridgehead atoms. The van der Waals surface area contributed by atoms with Gasteiger partial charge < -0.3 is 0 Å². The molecule has 1 unspecified atom stereocenters. The zero-order valence-corrected chi connectivity index (χ0v) is 5.89. The molecule has 0 aromatic rings. The van der Waals surface area contributed by atoms with Crippen LogP contribution in [0.1, 0.15) is 0 Å². The molecule has 0 aromatic heterocycles. The number of hydrogen-bond donors (Lipinski definition) is 2. The van der Waals surface area contributed by atoms with E-state index in [0.29, 0.717) is 0 Å².